The molecule has 1 aromatic heterocycles. The third-order valence-electron chi connectivity index (χ3n) is 1.80. The van der Waals surface area contributed by atoms with Crippen molar-refractivity contribution in [3.8, 4) is 5.75 Å². The highest BCUT2D eigenvalue weighted by atomic mass is 32.1. The molecule has 86 valence electrons. The van der Waals surface area contributed by atoms with E-state index in [1.54, 1.807) is 0 Å². The first-order chi connectivity index (χ1) is 7.58. The SMILES string of the molecule is FC(F)Oc1cccc2sc(C(F)F)nc12. The molecule has 0 fully saturated rings. The molecule has 2 rings (SSSR count). The first-order valence-electron chi connectivity index (χ1n) is 4.20. The summed E-state index contributed by atoms with van der Waals surface area (Å²) < 4.78 is 53.3. The van der Waals surface area contributed by atoms with E-state index in [9.17, 15) is 17.6 Å². The van der Waals surface area contributed by atoms with Gasteiger partial charge < -0.3 is 4.74 Å². The van der Waals surface area contributed by atoms with Crippen LogP contribution in [-0.2, 0) is 0 Å². The van der Waals surface area contributed by atoms with Gasteiger partial charge in [-0.3, -0.25) is 0 Å². The molecule has 0 saturated heterocycles. The Morgan fingerprint density at radius 1 is 1.19 bits per heavy atom. The molecule has 0 spiro atoms. The number of alkyl halides is 4. The summed E-state index contributed by atoms with van der Waals surface area (Å²) in [7, 11) is 0. The Hall–Kier alpha value is -1.37. The number of rotatable bonds is 3. The summed E-state index contributed by atoms with van der Waals surface area (Å²) in [6.45, 7) is -3.00. The molecular weight excluding hydrogens is 246 g/mol. The zero-order valence-corrected chi connectivity index (χ0v) is 8.48. The zero-order chi connectivity index (χ0) is 11.7. The Morgan fingerprint density at radius 2 is 1.94 bits per heavy atom. The zero-order valence-electron chi connectivity index (χ0n) is 7.66. The van der Waals surface area contributed by atoms with Crippen LogP contribution in [0, 0.1) is 0 Å². The molecule has 0 unspecified atom stereocenters. The van der Waals surface area contributed by atoms with Gasteiger partial charge in [0, 0.05) is 0 Å². The summed E-state index contributed by atoms with van der Waals surface area (Å²) in [5.41, 5.74) is 0.0445. The lowest BCUT2D eigenvalue weighted by molar-refractivity contribution is -0.0489. The molecule has 0 bridgehead atoms. The van der Waals surface area contributed by atoms with Gasteiger partial charge in [-0.15, -0.1) is 11.3 Å². The monoisotopic (exact) mass is 251 g/mol. The number of para-hydroxylation sites is 1. The van der Waals surface area contributed by atoms with E-state index in [1.807, 2.05) is 0 Å². The lowest BCUT2D eigenvalue weighted by Crippen LogP contribution is -2.02. The third-order valence-corrected chi connectivity index (χ3v) is 2.83. The predicted molar refractivity (Wildman–Crippen MR) is 51.2 cm³/mol. The van der Waals surface area contributed by atoms with Crippen LogP contribution in [0.3, 0.4) is 0 Å². The van der Waals surface area contributed by atoms with E-state index in [4.69, 9.17) is 0 Å². The molecule has 0 amide bonds. The maximum atomic E-state index is 12.4. The van der Waals surface area contributed by atoms with E-state index in [2.05, 4.69) is 9.72 Å². The molecule has 2 nitrogen and oxygen atoms in total. The molecule has 0 saturated carbocycles. The van der Waals surface area contributed by atoms with E-state index < -0.39 is 18.0 Å². The Balaban J connectivity index is 2.50. The summed E-state index contributed by atoms with van der Waals surface area (Å²) >= 11 is 0.761. The number of aromatic nitrogens is 1. The highest BCUT2D eigenvalue weighted by Crippen LogP contribution is 2.34. The van der Waals surface area contributed by atoms with Crippen molar-refractivity contribution in [1.29, 1.82) is 0 Å². The molecule has 0 aliphatic carbocycles. The Labute approximate surface area is 91.5 Å². The standard InChI is InChI=1S/C9H5F4NOS/c10-7(11)8-14-6-4(15-9(12)13)2-1-3-5(6)16-8/h1-3,7,9H. The van der Waals surface area contributed by atoms with E-state index in [0.717, 1.165) is 11.3 Å². The fraction of sp³-hybridized carbons (Fsp3) is 0.222. The maximum Gasteiger partial charge on any atom is 0.387 e. The number of halogens is 4. The quantitative estimate of drug-likeness (QED) is 0.773. The molecule has 2 aromatic rings. The largest absolute Gasteiger partial charge is 0.432 e. The number of benzene rings is 1. The number of hydrogen-bond acceptors (Lipinski definition) is 3. The van der Waals surface area contributed by atoms with Crippen molar-refractivity contribution >= 4 is 21.6 Å². The molecule has 1 aromatic carbocycles. The average molecular weight is 251 g/mol. The average Bonchev–Trinajstić information content (AvgIpc) is 2.61. The fourth-order valence-corrected chi connectivity index (χ4v) is 2.07. The van der Waals surface area contributed by atoms with Crippen LogP contribution < -0.4 is 4.74 Å². The third kappa shape index (κ3) is 2.08. The summed E-state index contributed by atoms with van der Waals surface area (Å²) in [6, 6.07) is 4.24. The Bertz CT molecular complexity index is 499. The first kappa shape index (κ1) is 11.1. The minimum absolute atomic E-state index is 0.0445. The van der Waals surface area contributed by atoms with Crippen LogP contribution in [0.5, 0.6) is 5.75 Å². The van der Waals surface area contributed by atoms with Crippen molar-refractivity contribution < 1.29 is 22.3 Å². The second-order valence-electron chi connectivity index (χ2n) is 2.83. The molecule has 0 radical (unpaired) electrons. The lowest BCUT2D eigenvalue weighted by Gasteiger charge is -2.03. The van der Waals surface area contributed by atoms with Crippen molar-refractivity contribution in [2.75, 3.05) is 0 Å². The minimum atomic E-state index is -3.00. The van der Waals surface area contributed by atoms with E-state index in [0.29, 0.717) is 4.70 Å². The molecular formula is C9H5F4NOS. The molecule has 0 aliphatic rings. The van der Waals surface area contributed by atoms with Crippen LogP contribution in [0.2, 0.25) is 0 Å². The van der Waals surface area contributed by atoms with Crippen LogP contribution >= 0.6 is 11.3 Å². The van der Waals surface area contributed by atoms with Gasteiger partial charge in [0.25, 0.3) is 6.43 Å². The second kappa shape index (κ2) is 4.25. The highest BCUT2D eigenvalue weighted by molar-refractivity contribution is 7.18. The lowest BCUT2D eigenvalue weighted by atomic mass is 10.3. The summed E-state index contributed by atoms with van der Waals surface area (Å²) in [6.07, 6.45) is -2.71. The van der Waals surface area contributed by atoms with Crippen molar-refractivity contribution in [3.05, 3.63) is 23.2 Å². The molecule has 7 heteroatoms. The van der Waals surface area contributed by atoms with Gasteiger partial charge in [0.2, 0.25) is 0 Å². The smallest absolute Gasteiger partial charge is 0.387 e. The van der Waals surface area contributed by atoms with E-state index in [1.165, 1.54) is 18.2 Å². The van der Waals surface area contributed by atoms with Crippen LogP contribution in [0.15, 0.2) is 18.2 Å². The molecule has 16 heavy (non-hydrogen) atoms. The Morgan fingerprint density at radius 3 is 2.56 bits per heavy atom. The van der Waals surface area contributed by atoms with Gasteiger partial charge in [-0.25, -0.2) is 13.8 Å². The van der Waals surface area contributed by atoms with Crippen molar-refractivity contribution in [2.45, 2.75) is 13.0 Å². The fourth-order valence-electron chi connectivity index (χ4n) is 1.22. The highest BCUT2D eigenvalue weighted by Gasteiger charge is 2.17. The number of hydrogen-bond donors (Lipinski definition) is 0. The number of thiazole rings is 1. The molecule has 0 atom stereocenters. The number of nitrogens with zero attached hydrogens (tertiary/aromatic N) is 1. The van der Waals surface area contributed by atoms with Gasteiger partial charge in [0.1, 0.15) is 5.52 Å². The summed E-state index contributed by atoms with van der Waals surface area (Å²) in [5.74, 6) is -0.185. The first-order valence-corrected chi connectivity index (χ1v) is 5.02. The topological polar surface area (TPSA) is 22.1 Å². The number of fused-ring (bicyclic) bond motifs is 1. The van der Waals surface area contributed by atoms with Gasteiger partial charge in [-0.1, -0.05) is 6.07 Å². The van der Waals surface area contributed by atoms with Gasteiger partial charge in [-0.2, -0.15) is 8.78 Å². The van der Waals surface area contributed by atoms with Gasteiger partial charge >= 0.3 is 6.61 Å². The van der Waals surface area contributed by atoms with Crippen LogP contribution in [-0.4, -0.2) is 11.6 Å². The Kier molecular flexibility index (Phi) is 2.95. The van der Waals surface area contributed by atoms with Crippen molar-refractivity contribution in [2.24, 2.45) is 0 Å². The van der Waals surface area contributed by atoms with E-state index in [-0.39, 0.29) is 11.3 Å². The summed E-state index contributed by atoms with van der Waals surface area (Å²) in [4.78, 5) is 3.58. The van der Waals surface area contributed by atoms with Crippen molar-refractivity contribution in [1.82, 2.24) is 4.98 Å². The van der Waals surface area contributed by atoms with Gasteiger partial charge in [0.05, 0.1) is 4.70 Å². The van der Waals surface area contributed by atoms with E-state index >= 15 is 0 Å². The molecule has 0 N–H and O–H groups in total. The molecule has 0 aliphatic heterocycles. The second-order valence-corrected chi connectivity index (χ2v) is 3.90. The molecule has 1 heterocycles. The van der Waals surface area contributed by atoms with Gasteiger partial charge in [-0.05, 0) is 12.1 Å². The maximum absolute atomic E-state index is 12.4. The van der Waals surface area contributed by atoms with Crippen LogP contribution in [0.25, 0.3) is 10.2 Å². The predicted octanol–water partition coefficient (Wildman–Crippen LogP) is 3.84. The minimum Gasteiger partial charge on any atom is -0.432 e. The summed E-state index contributed by atoms with van der Waals surface area (Å²) in [5, 5.41) is -0.402. The van der Waals surface area contributed by atoms with Crippen LogP contribution in [0.4, 0.5) is 17.6 Å². The van der Waals surface area contributed by atoms with Gasteiger partial charge in [0.15, 0.2) is 10.8 Å². The number of ether oxygens (including phenoxy) is 1. The van der Waals surface area contributed by atoms with Crippen LogP contribution in [0.1, 0.15) is 11.4 Å². The normalized spacial score (nSPS) is 11.6. The van der Waals surface area contributed by atoms with Crippen molar-refractivity contribution in [3.63, 3.8) is 0 Å².